The van der Waals surface area contributed by atoms with E-state index < -0.39 is 0 Å². The van der Waals surface area contributed by atoms with E-state index in [2.05, 4.69) is 67.3 Å². The van der Waals surface area contributed by atoms with Crippen LogP contribution >= 0.6 is 0 Å². The van der Waals surface area contributed by atoms with E-state index in [1.165, 1.54) is 17.2 Å². The van der Waals surface area contributed by atoms with Crippen molar-refractivity contribution in [2.24, 2.45) is 0 Å². The molecule has 1 aliphatic carbocycles. The highest BCUT2D eigenvalue weighted by molar-refractivity contribution is 5.89. The van der Waals surface area contributed by atoms with Crippen molar-refractivity contribution in [2.45, 2.75) is 31.7 Å². The van der Waals surface area contributed by atoms with Crippen LogP contribution < -0.4 is 0 Å². The molecule has 26 heavy (non-hydrogen) atoms. The van der Waals surface area contributed by atoms with E-state index in [9.17, 15) is 4.39 Å². The number of halogens is 1. The molecular formula is C23H25FN2. The Morgan fingerprint density at radius 2 is 1.85 bits per heavy atom. The summed E-state index contributed by atoms with van der Waals surface area (Å²) in [7, 11) is 4.34. The molecule has 0 radical (unpaired) electrons. The maximum absolute atomic E-state index is 13.6. The second kappa shape index (κ2) is 6.40. The first kappa shape index (κ1) is 17.0. The lowest BCUT2D eigenvalue weighted by molar-refractivity contribution is 0.138. The Bertz CT molecular complexity index is 969. The number of aryl methyl sites for hydroxylation is 1. The van der Waals surface area contributed by atoms with Crippen molar-refractivity contribution in [3.63, 3.8) is 0 Å². The van der Waals surface area contributed by atoms with Gasteiger partial charge in [0, 0.05) is 22.1 Å². The SMILES string of the molecule is Cc1c(C2=CCC(c3ccccc3)(N(C)C)CC2)[nH]c2ccc(F)cc12. The van der Waals surface area contributed by atoms with Crippen LogP contribution in [0.1, 0.15) is 36.1 Å². The van der Waals surface area contributed by atoms with Crippen molar-refractivity contribution in [1.82, 2.24) is 9.88 Å². The van der Waals surface area contributed by atoms with Gasteiger partial charge in [0.05, 0.1) is 0 Å². The number of H-pyrrole nitrogens is 1. The number of aromatic amines is 1. The summed E-state index contributed by atoms with van der Waals surface area (Å²) in [5.41, 5.74) is 6.06. The molecule has 0 bridgehead atoms. The van der Waals surface area contributed by atoms with Gasteiger partial charge in [0.25, 0.3) is 0 Å². The number of aromatic nitrogens is 1. The number of benzene rings is 2. The zero-order chi connectivity index (χ0) is 18.3. The maximum atomic E-state index is 13.6. The van der Waals surface area contributed by atoms with E-state index in [4.69, 9.17) is 0 Å². The molecule has 4 rings (SSSR count). The summed E-state index contributed by atoms with van der Waals surface area (Å²) < 4.78 is 13.6. The Balaban J connectivity index is 1.72. The fraction of sp³-hybridized carbons (Fsp3) is 0.304. The molecule has 3 aromatic rings. The second-order valence-electron chi connectivity index (χ2n) is 7.54. The number of nitrogens with one attached hydrogen (secondary N) is 1. The third-order valence-corrected chi connectivity index (χ3v) is 6.00. The van der Waals surface area contributed by atoms with Crippen LogP contribution in [0.2, 0.25) is 0 Å². The largest absolute Gasteiger partial charge is 0.355 e. The predicted molar refractivity (Wildman–Crippen MR) is 107 cm³/mol. The zero-order valence-electron chi connectivity index (χ0n) is 15.6. The van der Waals surface area contributed by atoms with Crippen molar-refractivity contribution < 1.29 is 4.39 Å². The van der Waals surface area contributed by atoms with E-state index in [0.29, 0.717) is 0 Å². The number of hydrogen-bond donors (Lipinski definition) is 1. The van der Waals surface area contributed by atoms with Gasteiger partial charge in [-0.05, 0) is 75.2 Å². The monoisotopic (exact) mass is 348 g/mol. The fourth-order valence-corrected chi connectivity index (χ4v) is 4.36. The van der Waals surface area contributed by atoms with Gasteiger partial charge in [-0.15, -0.1) is 0 Å². The van der Waals surface area contributed by atoms with Crippen LogP contribution in [-0.4, -0.2) is 24.0 Å². The molecule has 0 amide bonds. The Hall–Kier alpha value is -2.39. The van der Waals surface area contributed by atoms with Crippen LogP contribution in [0.25, 0.3) is 16.5 Å². The summed E-state index contributed by atoms with van der Waals surface area (Å²) in [6.07, 6.45) is 5.41. The molecular weight excluding hydrogens is 323 g/mol. The average molecular weight is 348 g/mol. The molecule has 3 heteroatoms. The minimum Gasteiger partial charge on any atom is -0.355 e. The molecule has 0 aliphatic heterocycles. The summed E-state index contributed by atoms with van der Waals surface area (Å²) >= 11 is 0. The number of hydrogen-bond acceptors (Lipinski definition) is 1. The average Bonchev–Trinajstić information content (AvgIpc) is 2.98. The second-order valence-corrected chi connectivity index (χ2v) is 7.54. The minimum atomic E-state index is -0.181. The third-order valence-electron chi connectivity index (χ3n) is 6.00. The molecule has 1 N–H and O–H groups in total. The van der Waals surface area contributed by atoms with Crippen LogP contribution in [0.3, 0.4) is 0 Å². The van der Waals surface area contributed by atoms with Crippen molar-refractivity contribution >= 4 is 16.5 Å². The Kier molecular flexibility index (Phi) is 4.20. The molecule has 134 valence electrons. The Labute approximate surface area is 154 Å². The van der Waals surface area contributed by atoms with Gasteiger partial charge in [-0.1, -0.05) is 36.4 Å². The van der Waals surface area contributed by atoms with Crippen LogP contribution in [0.15, 0.2) is 54.6 Å². The van der Waals surface area contributed by atoms with E-state index in [-0.39, 0.29) is 11.4 Å². The Morgan fingerprint density at radius 3 is 2.50 bits per heavy atom. The summed E-state index contributed by atoms with van der Waals surface area (Å²) in [6, 6.07) is 15.8. The molecule has 0 spiro atoms. The predicted octanol–water partition coefficient (Wildman–Crippen LogP) is 5.64. The molecule has 1 aliphatic rings. The van der Waals surface area contributed by atoms with E-state index in [1.54, 1.807) is 6.07 Å². The van der Waals surface area contributed by atoms with Crippen molar-refractivity contribution in [3.05, 3.63) is 77.2 Å². The Morgan fingerprint density at radius 1 is 1.08 bits per heavy atom. The van der Waals surface area contributed by atoms with E-state index >= 15 is 0 Å². The molecule has 2 nitrogen and oxygen atoms in total. The quantitative estimate of drug-likeness (QED) is 0.649. The molecule has 1 heterocycles. The van der Waals surface area contributed by atoms with Crippen LogP contribution in [0, 0.1) is 12.7 Å². The van der Waals surface area contributed by atoms with Gasteiger partial charge in [-0.2, -0.15) is 0 Å². The van der Waals surface area contributed by atoms with Crippen molar-refractivity contribution in [2.75, 3.05) is 14.1 Å². The van der Waals surface area contributed by atoms with Gasteiger partial charge in [0.1, 0.15) is 5.82 Å². The summed E-state index contributed by atoms with van der Waals surface area (Å²) in [5.74, 6) is -0.181. The van der Waals surface area contributed by atoms with Gasteiger partial charge >= 0.3 is 0 Å². The molecule has 0 fully saturated rings. The van der Waals surface area contributed by atoms with Crippen molar-refractivity contribution in [1.29, 1.82) is 0 Å². The molecule has 1 unspecified atom stereocenters. The van der Waals surface area contributed by atoms with Crippen molar-refractivity contribution in [3.8, 4) is 0 Å². The highest BCUT2D eigenvalue weighted by Crippen LogP contribution is 2.43. The highest BCUT2D eigenvalue weighted by atomic mass is 19.1. The third kappa shape index (κ3) is 2.67. The molecule has 2 aromatic carbocycles. The lowest BCUT2D eigenvalue weighted by Gasteiger charge is -2.43. The van der Waals surface area contributed by atoms with Crippen LogP contribution in [0.4, 0.5) is 4.39 Å². The van der Waals surface area contributed by atoms with Gasteiger partial charge in [0.15, 0.2) is 0 Å². The highest BCUT2D eigenvalue weighted by Gasteiger charge is 2.36. The lowest BCUT2D eigenvalue weighted by Crippen LogP contribution is -2.42. The fourth-order valence-electron chi connectivity index (χ4n) is 4.36. The lowest BCUT2D eigenvalue weighted by atomic mass is 9.75. The topological polar surface area (TPSA) is 19.0 Å². The minimum absolute atomic E-state index is 0.0385. The van der Waals surface area contributed by atoms with Gasteiger partial charge in [-0.3, -0.25) is 4.90 Å². The first-order valence-corrected chi connectivity index (χ1v) is 9.21. The van der Waals surface area contributed by atoms with Crippen LogP contribution in [-0.2, 0) is 5.54 Å². The maximum Gasteiger partial charge on any atom is 0.123 e. The molecule has 1 atom stereocenters. The molecule has 1 aromatic heterocycles. The van der Waals surface area contributed by atoms with Gasteiger partial charge in [0.2, 0.25) is 0 Å². The molecule has 0 saturated heterocycles. The normalized spacial score (nSPS) is 20.6. The summed E-state index contributed by atoms with van der Waals surface area (Å²) in [4.78, 5) is 5.86. The van der Waals surface area contributed by atoms with Gasteiger partial charge < -0.3 is 4.98 Å². The standard InChI is InChI=1S/C23H25FN2/c1-16-20-15-19(24)9-10-21(20)25-22(16)17-11-13-23(14-12-17,26(2)3)18-7-5-4-6-8-18/h4-11,15,25H,12-14H2,1-3H3. The zero-order valence-corrected chi connectivity index (χ0v) is 15.6. The first-order chi connectivity index (χ1) is 12.5. The summed E-state index contributed by atoms with van der Waals surface area (Å²) in [5, 5.41) is 0.980. The van der Waals surface area contributed by atoms with Crippen LogP contribution in [0.5, 0.6) is 0 Å². The smallest absolute Gasteiger partial charge is 0.123 e. The number of allylic oxidation sites excluding steroid dienone is 1. The summed E-state index contributed by atoms with van der Waals surface area (Å²) in [6.45, 7) is 2.08. The number of fused-ring (bicyclic) bond motifs is 1. The molecule has 0 saturated carbocycles. The van der Waals surface area contributed by atoms with E-state index in [1.807, 2.05) is 6.07 Å². The first-order valence-electron chi connectivity index (χ1n) is 9.21. The van der Waals surface area contributed by atoms with E-state index in [0.717, 1.165) is 41.4 Å². The number of rotatable bonds is 3. The number of nitrogens with zero attached hydrogens (tertiary/aromatic N) is 1. The van der Waals surface area contributed by atoms with Gasteiger partial charge in [-0.25, -0.2) is 4.39 Å².